The Morgan fingerprint density at radius 2 is 2.04 bits per heavy atom. The predicted molar refractivity (Wildman–Crippen MR) is 87.1 cm³/mol. The van der Waals surface area contributed by atoms with Crippen molar-refractivity contribution >= 4 is 29.5 Å². The van der Waals surface area contributed by atoms with Gasteiger partial charge >= 0.3 is 0 Å². The second kappa shape index (κ2) is 6.08. The molecule has 23 heavy (non-hydrogen) atoms. The fourth-order valence-electron chi connectivity index (χ4n) is 2.82. The van der Waals surface area contributed by atoms with Crippen molar-refractivity contribution in [1.29, 1.82) is 0 Å². The van der Waals surface area contributed by atoms with Crippen LogP contribution in [0.5, 0.6) is 0 Å². The Morgan fingerprint density at radius 1 is 1.35 bits per heavy atom. The van der Waals surface area contributed by atoms with Gasteiger partial charge in [-0.2, -0.15) is 0 Å². The van der Waals surface area contributed by atoms with Crippen LogP contribution in [0.25, 0.3) is 0 Å². The summed E-state index contributed by atoms with van der Waals surface area (Å²) in [5.41, 5.74) is 7.32. The summed E-state index contributed by atoms with van der Waals surface area (Å²) in [6.45, 7) is 1.79. The number of carbonyl (C=O) groups is 3. The second-order valence-corrected chi connectivity index (χ2v) is 6.72. The van der Waals surface area contributed by atoms with E-state index in [0.717, 1.165) is 11.1 Å². The zero-order valence-corrected chi connectivity index (χ0v) is 13.4. The summed E-state index contributed by atoms with van der Waals surface area (Å²) in [6.07, 6.45) is 0.222. The van der Waals surface area contributed by atoms with E-state index in [2.05, 4.69) is 5.32 Å². The molecule has 2 aliphatic rings. The van der Waals surface area contributed by atoms with Crippen molar-refractivity contribution in [2.45, 2.75) is 24.8 Å². The van der Waals surface area contributed by atoms with E-state index in [1.807, 2.05) is 30.3 Å². The minimum atomic E-state index is -0.602. The summed E-state index contributed by atoms with van der Waals surface area (Å²) in [6, 6.07) is 8.74. The monoisotopic (exact) mass is 331 g/mol. The van der Waals surface area contributed by atoms with E-state index < -0.39 is 11.9 Å². The molecule has 0 aromatic heterocycles. The molecule has 1 aromatic carbocycles. The molecule has 7 heteroatoms. The molecule has 0 aliphatic carbocycles. The third-order valence-electron chi connectivity index (χ3n) is 3.92. The molecule has 2 aliphatic heterocycles. The Kier molecular flexibility index (Phi) is 4.12. The number of nitrogens with one attached hydrogen (secondary N) is 1. The van der Waals surface area contributed by atoms with Crippen LogP contribution in [0, 0.1) is 0 Å². The molecule has 2 atom stereocenters. The standard InChI is InChI=1S/C16H17N3O3S/c1-9-8-23-16-12(15(22)19(16)13(9)14(17)21)18-11(20)7-10-5-3-2-4-6-10/h2-6,12,16H,7-8H2,1H3,(H2,17,21)(H,18,20)/t12-,16-/m1/s1. The highest BCUT2D eigenvalue weighted by molar-refractivity contribution is 8.00. The number of thioether (sulfide) groups is 1. The van der Waals surface area contributed by atoms with Crippen LogP contribution in [0.2, 0.25) is 0 Å². The van der Waals surface area contributed by atoms with Gasteiger partial charge in [-0.3, -0.25) is 19.3 Å². The van der Waals surface area contributed by atoms with Crippen LogP contribution >= 0.6 is 11.8 Å². The van der Waals surface area contributed by atoms with Gasteiger partial charge in [0.15, 0.2) is 0 Å². The van der Waals surface area contributed by atoms with Crippen LogP contribution in [-0.2, 0) is 20.8 Å². The number of hydrogen-bond acceptors (Lipinski definition) is 4. The average molecular weight is 331 g/mol. The van der Waals surface area contributed by atoms with E-state index in [9.17, 15) is 14.4 Å². The van der Waals surface area contributed by atoms with Crippen LogP contribution in [0.15, 0.2) is 41.6 Å². The van der Waals surface area contributed by atoms with E-state index in [1.54, 1.807) is 6.92 Å². The molecule has 3 amide bonds. The molecule has 3 N–H and O–H groups in total. The molecule has 6 nitrogen and oxygen atoms in total. The van der Waals surface area contributed by atoms with E-state index in [-0.39, 0.29) is 29.3 Å². The molecule has 0 spiro atoms. The summed E-state index contributed by atoms with van der Waals surface area (Å²) in [5, 5.41) is 2.51. The first-order valence-corrected chi connectivity index (χ1v) is 8.31. The number of amides is 3. The van der Waals surface area contributed by atoms with Gasteiger partial charge in [0.1, 0.15) is 17.1 Å². The van der Waals surface area contributed by atoms with Gasteiger partial charge in [0.25, 0.3) is 11.8 Å². The van der Waals surface area contributed by atoms with Crippen molar-refractivity contribution in [1.82, 2.24) is 10.2 Å². The molecule has 0 radical (unpaired) electrons. The lowest BCUT2D eigenvalue weighted by Crippen LogP contribution is -2.70. The van der Waals surface area contributed by atoms with Crippen molar-refractivity contribution < 1.29 is 14.4 Å². The molecule has 1 aromatic rings. The number of rotatable bonds is 4. The lowest BCUT2D eigenvalue weighted by Gasteiger charge is -2.49. The van der Waals surface area contributed by atoms with Crippen molar-refractivity contribution in [3.63, 3.8) is 0 Å². The fourth-order valence-corrected chi connectivity index (χ4v) is 4.12. The van der Waals surface area contributed by atoms with Crippen LogP contribution in [-0.4, -0.2) is 39.8 Å². The van der Waals surface area contributed by atoms with Crippen molar-refractivity contribution in [3.05, 3.63) is 47.2 Å². The lowest BCUT2D eigenvalue weighted by atomic mass is 10.0. The topological polar surface area (TPSA) is 92.5 Å². The quantitative estimate of drug-likeness (QED) is 0.781. The molecule has 1 fully saturated rings. The van der Waals surface area contributed by atoms with Crippen LogP contribution in [0.3, 0.4) is 0 Å². The predicted octanol–water partition coefficient (Wildman–Crippen LogP) is 0.388. The van der Waals surface area contributed by atoms with Gasteiger partial charge in [0.05, 0.1) is 6.42 Å². The minimum absolute atomic E-state index is 0.207. The summed E-state index contributed by atoms with van der Waals surface area (Å²) in [5.74, 6) is -0.466. The maximum absolute atomic E-state index is 12.3. The summed E-state index contributed by atoms with van der Waals surface area (Å²) >= 11 is 1.53. The Balaban J connectivity index is 1.67. The molecular formula is C16H17N3O3S. The third kappa shape index (κ3) is 2.84. The number of carbonyl (C=O) groups excluding carboxylic acids is 3. The first-order chi connectivity index (χ1) is 11.0. The summed E-state index contributed by atoms with van der Waals surface area (Å²) < 4.78 is 0. The number of nitrogens with zero attached hydrogens (tertiary/aromatic N) is 1. The zero-order chi connectivity index (χ0) is 16.6. The first-order valence-electron chi connectivity index (χ1n) is 7.26. The van der Waals surface area contributed by atoms with E-state index in [1.165, 1.54) is 16.7 Å². The third-order valence-corrected chi connectivity index (χ3v) is 5.34. The maximum atomic E-state index is 12.3. The first kappa shape index (κ1) is 15.6. The van der Waals surface area contributed by atoms with Gasteiger partial charge in [-0.15, -0.1) is 11.8 Å². The Bertz CT molecular complexity index is 702. The van der Waals surface area contributed by atoms with Crippen molar-refractivity contribution in [2.24, 2.45) is 5.73 Å². The number of hydrogen-bond donors (Lipinski definition) is 2. The smallest absolute Gasteiger partial charge is 0.265 e. The molecule has 0 saturated carbocycles. The van der Waals surface area contributed by atoms with Gasteiger partial charge in [-0.05, 0) is 18.1 Å². The highest BCUT2D eigenvalue weighted by atomic mass is 32.2. The summed E-state index contributed by atoms with van der Waals surface area (Å²) in [4.78, 5) is 37.4. The van der Waals surface area contributed by atoms with Crippen LogP contribution < -0.4 is 11.1 Å². The number of β-lactam (4-membered cyclic amide) rings is 1. The highest BCUT2D eigenvalue weighted by Gasteiger charge is 2.53. The van der Waals surface area contributed by atoms with Gasteiger partial charge < -0.3 is 11.1 Å². The van der Waals surface area contributed by atoms with Gasteiger partial charge in [0, 0.05) is 5.75 Å². The van der Waals surface area contributed by atoms with Gasteiger partial charge in [-0.1, -0.05) is 30.3 Å². The Labute approximate surface area is 138 Å². The molecule has 2 heterocycles. The van der Waals surface area contributed by atoms with Crippen LogP contribution in [0.1, 0.15) is 12.5 Å². The van der Waals surface area contributed by atoms with Crippen LogP contribution in [0.4, 0.5) is 0 Å². The normalized spacial score (nSPS) is 23.2. The Hall–Kier alpha value is -2.28. The number of nitrogens with two attached hydrogens (primary N) is 1. The molecule has 0 unspecified atom stereocenters. The highest BCUT2D eigenvalue weighted by Crippen LogP contribution is 2.39. The largest absolute Gasteiger partial charge is 0.364 e. The van der Waals surface area contributed by atoms with Gasteiger partial charge in [0.2, 0.25) is 5.91 Å². The number of benzene rings is 1. The van der Waals surface area contributed by atoms with E-state index in [4.69, 9.17) is 5.73 Å². The molecule has 0 bridgehead atoms. The molecule has 1 saturated heterocycles. The van der Waals surface area contributed by atoms with E-state index in [0.29, 0.717) is 5.75 Å². The van der Waals surface area contributed by atoms with Crippen molar-refractivity contribution in [2.75, 3.05) is 5.75 Å². The molecule has 3 rings (SSSR count). The average Bonchev–Trinajstić information content (AvgIpc) is 2.53. The molecular weight excluding hydrogens is 314 g/mol. The van der Waals surface area contributed by atoms with E-state index >= 15 is 0 Å². The summed E-state index contributed by atoms with van der Waals surface area (Å²) in [7, 11) is 0. The second-order valence-electron chi connectivity index (χ2n) is 5.61. The SMILES string of the molecule is CC1=C(C(N)=O)N2C(=O)[C@@H](NC(=O)Cc3ccccc3)[C@H]2SC1. The minimum Gasteiger partial charge on any atom is -0.364 e. The van der Waals surface area contributed by atoms with Gasteiger partial charge in [-0.25, -0.2) is 0 Å². The molecule has 120 valence electrons. The fraction of sp³-hybridized carbons (Fsp3) is 0.312. The maximum Gasteiger partial charge on any atom is 0.265 e. The Morgan fingerprint density at radius 3 is 2.70 bits per heavy atom. The number of primary amides is 1. The lowest BCUT2D eigenvalue weighted by molar-refractivity contribution is -0.147. The number of fused-ring (bicyclic) bond motifs is 1. The zero-order valence-electron chi connectivity index (χ0n) is 12.6. The van der Waals surface area contributed by atoms with Crippen molar-refractivity contribution in [3.8, 4) is 0 Å².